The van der Waals surface area contributed by atoms with Crippen molar-refractivity contribution < 1.29 is 0 Å². The maximum atomic E-state index is 7.44. The first-order valence-corrected chi connectivity index (χ1v) is 7.36. The third-order valence-electron chi connectivity index (χ3n) is 3.16. The molecule has 0 heterocycles. The van der Waals surface area contributed by atoms with E-state index in [4.69, 9.17) is 22.7 Å². The molecule has 1 aromatic carbocycles. The van der Waals surface area contributed by atoms with Crippen LogP contribution in [0.15, 0.2) is 18.2 Å². The van der Waals surface area contributed by atoms with E-state index in [0.717, 1.165) is 31.6 Å². The third kappa shape index (κ3) is 4.75. The Kier molecular flexibility index (Phi) is 6.71. The Balaban J connectivity index is 2.90. The summed E-state index contributed by atoms with van der Waals surface area (Å²) >= 11 is 6.33. The van der Waals surface area contributed by atoms with Crippen molar-refractivity contribution in [1.29, 1.82) is 5.41 Å². The predicted molar refractivity (Wildman–Crippen MR) is 84.5 cm³/mol. The summed E-state index contributed by atoms with van der Waals surface area (Å²) in [5.74, 6) is 0.0575. The van der Waals surface area contributed by atoms with Crippen molar-refractivity contribution >= 4 is 23.1 Å². The van der Waals surface area contributed by atoms with Crippen LogP contribution in [0.25, 0.3) is 0 Å². The standard InChI is InChI=1S/C15H24ClN3/c1-3-5-9-19(10-6-4-2)14-8-7-12(15(17)18)11-13(14)16/h7-8,11H,3-6,9-10H2,1-2H3,(H3,17,18). The topological polar surface area (TPSA) is 53.1 Å². The van der Waals surface area contributed by atoms with E-state index in [2.05, 4.69) is 18.7 Å². The maximum Gasteiger partial charge on any atom is 0.122 e. The van der Waals surface area contributed by atoms with Crippen LogP contribution in [0.5, 0.6) is 0 Å². The SMILES string of the molecule is CCCCN(CCCC)c1ccc(C(=N)N)cc1Cl. The van der Waals surface area contributed by atoms with Crippen LogP contribution in [0.4, 0.5) is 5.69 Å². The molecule has 0 spiro atoms. The van der Waals surface area contributed by atoms with Gasteiger partial charge in [0.25, 0.3) is 0 Å². The highest BCUT2D eigenvalue weighted by molar-refractivity contribution is 6.33. The summed E-state index contributed by atoms with van der Waals surface area (Å²) in [6.45, 7) is 6.43. The lowest BCUT2D eigenvalue weighted by molar-refractivity contribution is 0.678. The molecule has 0 atom stereocenters. The molecule has 3 N–H and O–H groups in total. The molecule has 0 saturated heterocycles. The second-order valence-electron chi connectivity index (χ2n) is 4.77. The smallest absolute Gasteiger partial charge is 0.122 e. The van der Waals surface area contributed by atoms with Gasteiger partial charge in [-0.15, -0.1) is 0 Å². The van der Waals surface area contributed by atoms with Crippen molar-refractivity contribution in [1.82, 2.24) is 0 Å². The van der Waals surface area contributed by atoms with Gasteiger partial charge in [-0.2, -0.15) is 0 Å². The first kappa shape index (κ1) is 15.8. The minimum Gasteiger partial charge on any atom is -0.384 e. The largest absolute Gasteiger partial charge is 0.384 e. The third-order valence-corrected chi connectivity index (χ3v) is 3.47. The molecule has 4 heteroatoms. The zero-order valence-electron chi connectivity index (χ0n) is 11.9. The lowest BCUT2D eigenvalue weighted by Crippen LogP contribution is -2.26. The zero-order chi connectivity index (χ0) is 14.3. The summed E-state index contributed by atoms with van der Waals surface area (Å²) in [5, 5.41) is 8.12. The molecule has 19 heavy (non-hydrogen) atoms. The Morgan fingerprint density at radius 2 is 1.79 bits per heavy atom. The highest BCUT2D eigenvalue weighted by Gasteiger charge is 2.11. The van der Waals surface area contributed by atoms with Gasteiger partial charge < -0.3 is 10.6 Å². The molecule has 0 aliphatic heterocycles. The van der Waals surface area contributed by atoms with E-state index in [1.807, 2.05) is 12.1 Å². The van der Waals surface area contributed by atoms with Crippen molar-refractivity contribution in [2.45, 2.75) is 39.5 Å². The number of nitrogens with one attached hydrogen (secondary N) is 1. The minimum atomic E-state index is 0.0575. The molecule has 0 unspecified atom stereocenters. The number of hydrogen-bond acceptors (Lipinski definition) is 2. The molecule has 1 rings (SSSR count). The van der Waals surface area contributed by atoms with E-state index in [9.17, 15) is 0 Å². The number of amidine groups is 1. The number of halogens is 1. The van der Waals surface area contributed by atoms with Crippen LogP contribution in [0.1, 0.15) is 45.1 Å². The molecule has 0 radical (unpaired) electrons. The van der Waals surface area contributed by atoms with Crippen molar-refractivity contribution in [3.8, 4) is 0 Å². The van der Waals surface area contributed by atoms with E-state index in [1.54, 1.807) is 6.07 Å². The molecule has 3 nitrogen and oxygen atoms in total. The Bertz CT molecular complexity index is 410. The predicted octanol–water partition coefficient (Wildman–Crippen LogP) is 4.03. The molecular formula is C15H24ClN3. The molecule has 0 aliphatic carbocycles. The average Bonchev–Trinajstić information content (AvgIpc) is 2.39. The van der Waals surface area contributed by atoms with E-state index < -0.39 is 0 Å². The fourth-order valence-electron chi connectivity index (χ4n) is 1.98. The van der Waals surface area contributed by atoms with Crippen LogP contribution in [0.3, 0.4) is 0 Å². The highest BCUT2D eigenvalue weighted by Crippen LogP contribution is 2.27. The van der Waals surface area contributed by atoms with Crippen molar-refractivity contribution in [2.75, 3.05) is 18.0 Å². The van der Waals surface area contributed by atoms with Gasteiger partial charge >= 0.3 is 0 Å². The molecule has 0 aromatic heterocycles. The number of nitrogen functional groups attached to an aromatic ring is 1. The van der Waals surface area contributed by atoms with Gasteiger partial charge in [-0.1, -0.05) is 38.3 Å². The van der Waals surface area contributed by atoms with Crippen LogP contribution >= 0.6 is 11.6 Å². The number of anilines is 1. The molecular weight excluding hydrogens is 258 g/mol. The summed E-state index contributed by atoms with van der Waals surface area (Å²) in [5.41, 5.74) is 7.21. The van der Waals surface area contributed by atoms with Crippen molar-refractivity contribution in [3.05, 3.63) is 28.8 Å². The van der Waals surface area contributed by atoms with Gasteiger partial charge in [-0.25, -0.2) is 0 Å². The van der Waals surface area contributed by atoms with E-state index in [1.165, 1.54) is 12.8 Å². The molecule has 0 aliphatic rings. The Hall–Kier alpha value is -1.22. The van der Waals surface area contributed by atoms with Crippen LogP contribution in [-0.2, 0) is 0 Å². The molecule has 106 valence electrons. The van der Waals surface area contributed by atoms with E-state index in [-0.39, 0.29) is 5.84 Å². The summed E-state index contributed by atoms with van der Waals surface area (Å²) in [6.07, 6.45) is 4.67. The first-order valence-electron chi connectivity index (χ1n) is 6.99. The Labute approximate surface area is 121 Å². The summed E-state index contributed by atoms with van der Waals surface area (Å²) < 4.78 is 0. The lowest BCUT2D eigenvalue weighted by atomic mass is 10.1. The minimum absolute atomic E-state index is 0.0575. The molecule has 0 amide bonds. The number of benzene rings is 1. The van der Waals surface area contributed by atoms with Crippen LogP contribution in [-0.4, -0.2) is 18.9 Å². The molecule has 0 bridgehead atoms. The fraction of sp³-hybridized carbons (Fsp3) is 0.533. The number of nitrogens with two attached hydrogens (primary N) is 1. The molecule has 0 saturated carbocycles. The van der Waals surface area contributed by atoms with Crippen LogP contribution in [0.2, 0.25) is 5.02 Å². The van der Waals surface area contributed by atoms with Crippen LogP contribution < -0.4 is 10.6 Å². The monoisotopic (exact) mass is 281 g/mol. The number of nitrogens with zero attached hydrogens (tertiary/aromatic N) is 1. The number of rotatable bonds is 8. The van der Waals surface area contributed by atoms with Gasteiger partial charge in [-0.05, 0) is 31.0 Å². The van der Waals surface area contributed by atoms with E-state index >= 15 is 0 Å². The van der Waals surface area contributed by atoms with E-state index in [0.29, 0.717) is 10.6 Å². The first-order chi connectivity index (χ1) is 9.10. The zero-order valence-corrected chi connectivity index (χ0v) is 12.6. The maximum absolute atomic E-state index is 7.44. The van der Waals surface area contributed by atoms with Gasteiger partial charge in [0.1, 0.15) is 5.84 Å². The number of unbranched alkanes of at least 4 members (excludes halogenated alkanes) is 2. The summed E-state index contributed by atoms with van der Waals surface area (Å²) in [7, 11) is 0. The fourth-order valence-corrected chi connectivity index (χ4v) is 2.28. The Morgan fingerprint density at radius 3 is 2.21 bits per heavy atom. The van der Waals surface area contributed by atoms with Crippen molar-refractivity contribution in [2.24, 2.45) is 5.73 Å². The van der Waals surface area contributed by atoms with Gasteiger partial charge in [0.05, 0.1) is 10.7 Å². The molecule has 1 aromatic rings. The average molecular weight is 282 g/mol. The summed E-state index contributed by atoms with van der Waals surface area (Å²) in [4.78, 5) is 2.33. The Morgan fingerprint density at radius 1 is 1.21 bits per heavy atom. The van der Waals surface area contributed by atoms with Gasteiger partial charge in [0.15, 0.2) is 0 Å². The normalized spacial score (nSPS) is 10.5. The van der Waals surface area contributed by atoms with Crippen LogP contribution in [0, 0.1) is 5.41 Å². The summed E-state index contributed by atoms with van der Waals surface area (Å²) in [6, 6.07) is 5.63. The van der Waals surface area contributed by atoms with Gasteiger partial charge in [0, 0.05) is 18.7 Å². The lowest BCUT2D eigenvalue weighted by Gasteiger charge is -2.26. The number of hydrogen-bond donors (Lipinski definition) is 2. The molecule has 0 fully saturated rings. The second-order valence-corrected chi connectivity index (χ2v) is 5.18. The van der Waals surface area contributed by atoms with Crippen molar-refractivity contribution in [3.63, 3.8) is 0 Å². The van der Waals surface area contributed by atoms with Gasteiger partial charge in [-0.3, -0.25) is 5.41 Å². The van der Waals surface area contributed by atoms with Gasteiger partial charge in [0.2, 0.25) is 0 Å². The highest BCUT2D eigenvalue weighted by atomic mass is 35.5. The quantitative estimate of drug-likeness (QED) is 0.558. The second kappa shape index (κ2) is 8.05.